The Labute approximate surface area is 152 Å². The molecule has 4 nitrogen and oxygen atoms in total. The number of carbonyl (C=O) groups is 2. The minimum absolute atomic E-state index is 0.0875. The molecular weight excluding hydrogens is 326 g/mol. The molecule has 0 aliphatic carbocycles. The smallest absolute Gasteiger partial charge is 0.338 e. The topological polar surface area (TPSA) is 59.3 Å². The number of hydrogen-bond donors (Lipinski definition) is 1. The van der Waals surface area contributed by atoms with Crippen LogP contribution in [0.5, 0.6) is 0 Å². The first-order chi connectivity index (χ1) is 12.4. The first kappa shape index (κ1) is 17.7. The van der Waals surface area contributed by atoms with Crippen LogP contribution in [0.15, 0.2) is 54.6 Å². The van der Waals surface area contributed by atoms with Gasteiger partial charge >= 0.3 is 5.97 Å². The minimum Gasteiger partial charge on any atom is -0.478 e. The molecule has 0 spiro atoms. The highest BCUT2D eigenvalue weighted by atomic mass is 16.4. The Bertz CT molecular complexity index is 984. The van der Waals surface area contributed by atoms with Crippen molar-refractivity contribution >= 4 is 11.8 Å². The lowest BCUT2D eigenvalue weighted by atomic mass is 9.92. The predicted octanol–water partition coefficient (Wildman–Crippen LogP) is 4.16. The molecule has 2 aromatic carbocycles. The third-order valence-electron chi connectivity index (χ3n) is 4.92. The van der Waals surface area contributed by atoms with Crippen LogP contribution < -0.4 is 0 Å². The van der Waals surface area contributed by atoms with E-state index in [0.29, 0.717) is 23.4 Å². The van der Waals surface area contributed by atoms with Crippen molar-refractivity contribution in [2.45, 2.75) is 20.3 Å². The number of benzene rings is 2. The van der Waals surface area contributed by atoms with Crippen LogP contribution in [0.3, 0.4) is 0 Å². The zero-order chi connectivity index (χ0) is 18.8. The van der Waals surface area contributed by atoms with Gasteiger partial charge in [0.25, 0.3) is 0 Å². The summed E-state index contributed by atoms with van der Waals surface area (Å²) in [7, 11) is 1.78. The average molecular weight is 347 g/mol. The second kappa shape index (κ2) is 7.00. The third-order valence-corrected chi connectivity index (χ3v) is 4.92. The van der Waals surface area contributed by atoms with Crippen molar-refractivity contribution in [3.8, 4) is 0 Å². The summed E-state index contributed by atoms with van der Waals surface area (Å²) in [5.74, 6) is -1.31. The fourth-order valence-electron chi connectivity index (χ4n) is 3.33. The van der Waals surface area contributed by atoms with E-state index >= 15 is 0 Å². The van der Waals surface area contributed by atoms with Crippen molar-refractivity contribution in [2.24, 2.45) is 7.05 Å². The van der Waals surface area contributed by atoms with Gasteiger partial charge in [0.05, 0.1) is 11.1 Å². The molecule has 0 unspecified atom stereocenters. The number of aromatic carboxylic acids is 1. The molecule has 4 heteroatoms. The van der Waals surface area contributed by atoms with Gasteiger partial charge in [0, 0.05) is 24.0 Å². The van der Waals surface area contributed by atoms with E-state index in [9.17, 15) is 14.7 Å². The SMILES string of the molecule is Cc1c(C(=O)O)c(C(=O)c2ccccc2Cc2ccccc2)c(C)n1C. The molecule has 0 fully saturated rings. The number of ketones is 1. The summed E-state index contributed by atoms with van der Waals surface area (Å²) < 4.78 is 1.76. The lowest BCUT2D eigenvalue weighted by Gasteiger charge is -2.10. The fourth-order valence-corrected chi connectivity index (χ4v) is 3.33. The Morgan fingerprint density at radius 3 is 2.12 bits per heavy atom. The van der Waals surface area contributed by atoms with Crippen LogP contribution in [0.2, 0.25) is 0 Å². The summed E-state index contributed by atoms with van der Waals surface area (Å²) in [6.45, 7) is 3.51. The normalized spacial score (nSPS) is 10.7. The van der Waals surface area contributed by atoms with Gasteiger partial charge in [-0.25, -0.2) is 4.79 Å². The molecule has 0 aliphatic heterocycles. The van der Waals surface area contributed by atoms with Crippen molar-refractivity contribution in [1.82, 2.24) is 4.57 Å². The highest BCUT2D eigenvalue weighted by Crippen LogP contribution is 2.26. The number of hydrogen-bond acceptors (Lipinski definition) is 2. The zero-order valence-electron chi connectivity index (χ0n) is 15.1. The summed E-state index contributed by atoms with van der Waals surface area (Å²) in [6.07, 6.45) is 0.621. The molecule has 0 amide bonds. The first-order valence-electron chi connectivity index (χ1n) is 8.47. The maximum atomic E-state index is 13.3. The highest BCUT2D eigenvalue weighted by molar-refractivity contribution is 6.16. The molecule has 0 atom stereocenters. The predicted molar refractivity (Wildman–Crippen MR) is 101 cm³/mol. The molecule has 0 radical (unpaired) electrons. The monoisotopic (exact) mass is 347 g/mol. The molecule has 0 bridgehead atoms. The van der Waals surface area contributed by atoms with E-state index in [2.05, 4.69) is 0 Å². The summed E-state index contributed by atoms with van der Waals surface area (Å²) in [5.41, 5.74) is 4.15. The van der Waals surface area contributed by atoms with Gasteiger partial charge in [-0.15, -0.1) is 0 Å². The van der Waals surface area contributed by atoms with Crippen LogP contribution in [0.25, 0.3) is 0 Å². The Balaban J connectivity index is 2.10. The quantitative estimate of drug-likeness (QED) is 0.705. The molecule has 1 aromatic heterocycles. The van der Waals surface area contributed by atoms with Crippen LogP contribution >= 0.6 is 0 Å². The van der Waals surface area contributed by atoms with Crippen LogP contribution in [-0.2, 0) is 13.5 Å². The first-order valence-corrected chi connectivity index (χ1v) is 8.47. The molecule has 132 valence electrons. The second-order valence-corrected chi connectivity index (χ2v) is 6.43. The molecule has 0 aliphatic rings. The van der Waals surface area contributed by atoms with E-state index in [4.69, 9.17) is 0 Å². The van der Waals surface area contributed by atoms with Crippen LogP contribution in [0.1, 0.15) is 48.8 Å². The summed E-state index contributed by atoms with van der Waals surface area (Å²) in [5, 5.41) is 9.62. The molecular formula is C22H21NO3. The van der Waals surface area contributed by atoms with E-state index in [-0.39, 0.29) is 16.9 Å². The Morgan fingerprint density at radius 2 is 1.46 bits per heavy atom. The Kier molecular flexibility index (Phi) is 4.76. The number of rotatable bonds is 5. The van der Waals surface area contributed by atoms with Crippen LogP contribution in [0, 0.1) is 13.8 Å². The molecule has 1 heterocycles. The number of carboxylic acids is 1. The Morgan fingerprint density at radius 1 is 0.885 bits per heavy atom. The van der Waals surface area contributed by atoms with Crippen molar-refractivity contribution in [3.05, 3.63) is 93.8 Å². The van der Waals surface area contributed by atoms with Crippen LogP contribution in [-0.4, -0.2) is 21.4 Å². The summed E-state index contributed by atoms with van der Waals surface area (Å²) in [4.78, 5) is 25.0. The van der Waals surface area contributed by atoms with E-state index in [0.717, 1.165) is 11.1 Å². The lowest BCUT2D eigenvalue weighted by molar-refractivity contribution is 0.0692. The maximum absolute atomic E-state index is 13.3. The molecule has 26 heavy (non-hydrogen) atoms. The number of nitrogens with zero attached hydrogens (tertiary/aromatic N) is 1. The van der Waals surface area contributed by atoms with Gasteiger partial charge in [-0.1, -0.05) is 54.6 Å². The molecule has 3 rings (SSSR count). The highest BCUT2D eigenvalue weighted by Gasteiger charge is 2.27. The minimum atomic E-state index is -1.07. The van der Waals surface area contributed by atoms with E-state index in [1.807, 2.05) is 48.5 Å². The van der Waals surface area contributed by atoms with Gasteiger partial charge in [0.1, 0.15) is 0 Å². The molecule has 0 saturated heterocycles. The van der Waals surface area contributed by atoms with Gasteiger partial charge in [0.15, 0.2) is 5.78 Å². The Hall–Kier alpha value is -3.14. The van der Waals surface area contributed by atoms with Gasteiger partial charge in [-0.3, -0.25) is 4.79 Å². The second-order valence-electron chi connectivity index (χ2n) is 6.43. The van der Waals surface area contributed by atoms with E-state index in [1.165, 1.54) is 0 Å². The van der Waals surface area contributed by atoms with Gasteiger partial charge < -0.3 is 9.67 Å². The number of aromatic nitrogens is 1. The summed E-state index contributed by atoms with van der Waals surface area (Å²) >= 11 is 0. The van der Waals surface area contributed by atoms with Crippen molar-refractivity contribution < 1.29 is 14.7 Å². The van der Waals surface area contributed by atoms with Crippen LogP contribution in [0.4, 0.5) is 0 Å². The maximum Gasteiger partial charge on any atom is 0.338 e. The zero-order valence-corrected chi connectivity index (χ0v) is 15.1. The molecule has 3 aromatic rings. The van der Waals surface area contributed by atoms with Crippen molar-refractivity contribution in [3.63, 3.8) is 0 Å². The number of carbonyl (C=O) groups excluding carboxylic acids is 1. The van der Waals surface area contributed by atoms with E-state index < -0.39 is 5.97 Å². The van der Waals surface area contributed by atoms with Gasteiger partial charge in [-0.2, -0.15) is 0 Å². The molecule has 1 N–H and O–H groups in total. The van der Waals surface area contributed by atoms with Crippen molar-refractivity contribution in [2.75, 3.05) is 0 Å². The lowest BCUT2D eigenvalue weighted by Crippen LogP contribution is -2.11. The summed E-state index contributed by atoms with van der Waals surface area (Å²) in [6, 6.07) is 17.3. The third kappa shape index (κ3) is 3.06. The molecule has 0 saturated carbocycles. The number of carboxylic acid groups (broad SMARTS) is 1. The van der Waals surface area contributed by atoms with Gasteiger partial charge in [0.2, 0.25) is 0 Å². The standard InChI is InChI=1S/C22H21NO3/c1-14-19(20(22(25)26)15(2)23(14)3)21(24)18-12-8-7-11-17(18)13-16-9-5-4-6-10-16/h4-12H,13H2,1-3H3,(H,25,26). The van der Waals surface area contributed by atoms with E-state index in [1.54, 1.807) is 31.5 Å². The van der Waals surface area contributed by atoms with Gasteiger partial charge in [-0.05, 0) is 31.4 Å². The largest absolute Gasteiger partial charge is 0.478 e. The average Bonchev–Trinajstić information content (AvgIpc) is 2.86. The fraction of sp³-hybridized carbons (Fsp3) is 0.182. The van der Waals surface area contributed by atoms with Crippen molar-refractivity contribution in [1.29, 1.82) is 0 Å².